The van der Waals surface area contributed by atoms with Crippen molar-refractivity contribution in [2.45, 2.75) is 25.4 Å². The molecule has 0 saturated carbocycles. The summed E-state index contributed by atoms with van der Waals surface area (Å²) >= 11 is 1.61. The average molecular weight is 357 g/mol. The molecule has 0 aliphatic carbocycles. The summed E-state index contributed by atoms with van der Waals surface area (Å²) in [6, 6.07) is 9.19. The molecule has 0 N–H and O–H groups in total. The minimum Gasteiger partial charge on any atom is -0.358 e. The summed E-state index contributed by atoms with van der Waals surface area (Å²) in [6.45, 7) is 0.665. The first-order valence-corrected chi connectivity index (χ1v) is 8.76. The Balaban J connectivity index is 1.53. The molecule has 1 saturated heterocycles. The van der Waals surface area contributed by atoms with E-state index in [2.05, 4.69) is 10.1 Å². The van der Waals surface area contributed by atoms with Crippen LogP contribution in [0, 0.1) is 10.1 Å². The fraction of sp³-hybridized carbons (Fsp3) is 0.312. The second-order valence-electron chi connectivity index (χ2n) is 5.89. The van der Waals surface area contributed by atoms with Crippen molar-refractivity contribution in [3.8, 4) is 0 Å². The van der Waals surface area contributed by atoms with Gasteiger partial charge in [-0.15, -0.1) is 11.3 Å². The quantitative estimate of drug-likeness (QED) is 0.528. The molecule has 2 aromatic heterocycles. The lowest BCUT2D eigenvalue weighted by Gasteiger charge is -2.22. The lowest BCUT2D eigenvalue weighted by atomic mass is 10.2. The largest absolute Gasteiger partial charge is 0.389 e. The molecular formula is C16H15N5O3S. The van der Waals surface area contributed by atoms with E-state index in [1.807, 2.05) is 29.2 Å². The monoisotopic (exact) mass is 357 g/mol. The van der Waals surface area contributed by atoms with Crippen molar-refractivity contribution in [3.05, 3.63) is 51.7 Å². The predicted molar refractivity (Wildman–Crippen MR) is 92.2 cm³/mol. The van der Waals surface area contributed by atoms with Crippen LogP contribution in [0.15, 0.2) is 36.5 Å². The van der Waals surface area contributed by atoms with Gasteiger partial charge in [0.1, 0.15) is 11.6 Å². The van der Waals surface area contributed by atoms with Gasteiger partial charge in [-0.25, -0.2) is 4.98 Å². The maximum Gasteiger partial charge on any atom is 0.389 e. The highest BCUT2D eigenvalue weighted by molar-refractivity contribution is 7.18. The van der Waals surface area contributed by atoms with Gasteiger partial charge in [0.15, 0.2) is 0 Å². The summed E-state index contributed by atoms with van der Waals surface area (Å²) in [5.74, 6) is -0.350. The molecule has 4 rings (SSSR count). The predicted octanol–water partition coefficient (Wildman–Crippen LogP) is 2.76. The molecule has 3 heterocycles. The number of para-hydroxylation sites is 1. The second-order valence-corrected chi connectivity index (χ2v) is 6.96. The highest BCUT2D eigenvalue weighted by atomic mass is 32.1. The minimum absolute atomic E-state index is 0.00473. The van der Waals surface area contributed by atoms with E-state index in [0.717, 1.165) is 28.1 Å². The maximum atomic E-state index is 12.7. The smallest absolute Gasteiger partial charge is 0.358 e. The van der Waals surface area contributed by atoms with Crippen molar-refractivity contribution in [2.75, 3.05) is 6.54 Å². The molecule has 3 aromatic rings. The van der Waals surface area contributed by atoms with Gasteiger partial charge in [0, 0.05) is 6.54 Å². The Morgan fingerprint density at radius 2 is 2.20 bits per heavy atom. The van der Waals surface area contributed by atoms with Crippen LogP contribution in [0.3, 0.4) is 0 Å². The van der Waals surface area contributed by atoms with Crippen LogP contribution in [0.5, 0.6) is 0 Å². The molecule has 0 bridgehead atoms. The molecule has 25 heavy (non-hydrogen) atoms. The molecule has 1 aliphatic rings. The van der Waals surface area contributed by atoms with Crippen LogP contribution in [-0.2, 0) is 11.3 Å². The van der Waals surface area contributed by atoms with Gasteiger partial charge >= 0.3 is 5.82 Å². The number of nitrogens with zero attached hydrogens (tertiary/aromatic N) is 5. The molecule has 1 aromatic carbocycles. The Kier molecular flexibility index (Phi) is 3.92. The van der Waals surface area contributed by atoms with Gasteiger partial charge in [-0.2, -0.15) is 4.68 Å². The van der Waals surface area contributed by atoms with Crippen LogP contribution >= 0.6 is 11.3 Å². The topological polar surface area (TPSA) is 94.2 Å². The molecule has 9 heteroatoms. The third-order valence-electron chi connectivity index (χ3n) is 4.28. The molecule has 1 unspecified atom stereocenters. The molecule has 128 valence electrons. The lowest BCUT2D eigenvalue weighted by Crippen LogP contribution is -2.33. The third-order valence-corrected chi connectivity index (χ3v) is 5.42. The summed E-state index contributed by atoms with van der Waals surface area (Å²) in [5.41, 5.74) is 0.949. The van der Waals surface area contributed by atoms with Gasteiger partial charge in [-0.05, 0) is 29.9 Å². The standard InChI is InChI=1S/C16H15N5O3S/c22-15(10-19-9-7-14(18-19)21(23)24)20-8-3-5-12(20)16-17-11-4-1-2-6-13(11)25-16/h1-2,4,6-7,9,12H,3,5,8,10H2. The van der Waals surface area contributed by atoms with E-state index in [1.165, 1.54) is 16.9 Å². The highest BCUT2D eigenvalue weighted by Crippen LogP contribution is 2.36. The van der Waals surface area contributed by atoms with Crippen LogP contribution in [0.25, 0.3) is 10.2 Å². The third kappa shape index (κ3) is 2.98. The van der Waals surface area contributed by atoms with E-state index < -0.39 is 4.92 Å². The first-order valence-electron chi connectivity index (χ1n) is 7.94. The molecule has 1 atom stereocenters. The average Bonchev–Trinajstić information content (AvgIpc) is 3.32. The summed E-state index contributed by atoms with van der Waals surface area (Å²) in [5, 5.41) is 15.5. The molecule has 1 fully saturated rings. The first-order chi connectivity index (χ1) is 12.1. The maximum absolute atomic E-state index is 12.7. The van der Waals surface area contributed by atoms with Crippen molar-refractivity contribution in [1.29, 1.82) is 0 Å². The molecular weight excluding hydrogens is 342 g/mol. The number of amides is 1. The van der Waals surface area contributed by atoms with E-state index in [1.54, 1.807) is 11.3 Å². The van der Waals surface area contributed by atoms with E-state index in [9.17, 15) is 14.9 Å². The minimum atomic E-state index is -0.569. The zero-order valence-electron chi connectivity index (χ0n) is 13.2. The number of carbonyl (C=O) groups excluding carboxylic acids is 1. The Labute approximate surface area is 146 Å². The number of hydrogen-bond acceptors (Lipinski definition) is 6. The number of likely N-dealkylation sites (tertiary alicyclic amines) is 1. The van der Waals surface area contributed by atoms with Gasteiger partial charge in [0.2, 0.25) is 5.91 Å². The number of nitro groups is 1. The SMILES string of the molecule is O=C(Cn1ccc([N+](=O)[O-])n1)N1CCCC1c1nc2ccccc2s1. The van der Waals surface area contributed by atoms with Crippen LogP contribution in [0.1, 0.15) is 23.9 Å². The highest BCUT2D eigenvalue weighted by Gasteiger charge is 2.32. The Bertz CT molecular complexity index is 917. The van der Waals surface area contributed by atoms with Gasteiger partial charge < -0.3 is 15.0 Å². The Hall–Kier alpha value is -2.81. The number of benzene rings is 1. The van der Waals surface area contributed by atoms with Crippen LogP contribution in [0.2, 0.25) is 0 Å². The van der Waals surface area contributed by atoms with Crippen LogP contribution in [0.4, 0.5) is 5.82 Å². The molecule has 0 spiro atoms. The number of rotatable bonds is 4. The zero-order valence-corrected chi connectivity index (χ0v) is 14.1. The molecule has 0 radical (unpaired) electrons. The van der Waals surface area contributed by atoms with Crippen molar-refractivity contribution >= 4 is 33.3 Å². The van der Waals surface area contributed by atoms with Gasteiger partial charge in [0.25, 0.3) is 0 Å². The van der Waals surface area contributed by atoms with Gasteiger partial charge in [-0.3, -0.25) is 4.79 Å². The van der Waals surface area contributed by atoms with E-state index in [-0.39, 0.29) is 24.3 Å². The van der Waals surface area contributed by atoms with Crippen molar-refractivity contribution in [1.82, 2.24) is 19.7 Å². The lowest BCUT2D eigenvalue weighted by molar-refractivity contribution is -0.389. The molecule has 8 nitrogen and oxygen atoms in total. The summed E-state index contributed by atoms with van der Waals surface area (Å²) < 4.78 is 2.42. The number of fused-ring (bicyclic) bond motifs is 1. The fourth-order valence-corrected chi connectivity index (χ4v) is 4.24. The first kappa shape index (κ1) is 15.7. The second kappa shape index (κ2) is 6.25. The Morgan fingerprint density at radius 3 is 2.96 bits per heavy atom. The van der Waals surface area contributed by atoms with Crippen molar-refractivity contribution in [2.24, 2.45) is 0 Å². The summed E-state index contributed by atoms with van der Waals surface area (Å²) in [4.78, 5) is 29.3. The number of carbonyl (C=O) groups is 1. The number of aromatic nitrogens is 3. The van der Waals surface area contributed by atoms with E-state index in [4.69, 9.17) is 0 Å². The van der Waals surface area contributed by atoms with Gasteiger partial charge in [-0.1, -0.05) is 12.1 Å². The van der Waals surface area contributed by atoms with E-state index in [0.29, 0.717) is 6.54 Å². The van der Waals surface area contributed by atoms with Crippen LogP contribution in [-0.4, -0.2) is 37.0 Å². The van der Waals surface area contributed by atoms with Crippen molar-refractivity contribution in [3.63, 3.8) is 0 Å². The summed E-state index contributed by atoms with van der Waals surface area (Å²) in [7, 11) is 0. The fourth-order valence-electron chi connectivity index (χ4n) is 3.12. The normalized spacial score (nSPS) is 17.3. The number of hydrogen-bond donors (Lipinski definition) is 0. The molecule has 1 amide bonds. The van der Waals surface area contributed by atoms with E-state index >= 15 is 0 Å². The Morgan fingerprint density at radius 1 is 1.36 bits per heavy atom. The van der Waals surface area contributed by atoms with Crippen molar-refractivity contribution < 1.29 is 9.72 Å². The van der Waals surface area contributed by atoms with Gasteiger partial charge in [0.05, 0.1) is 33.6 Å². The zero-order chi connectivity index (χ0) is 17.4. The summed E-state index contributed by atoms with van der Waals surface area (Å²) in [6.07, 6.45) is 3.26. The van der Waals surface area contributed by atoms with Crippen LogP contribution < -0.4 is 0 Å². The molecule has 1 aliphatic heterocycles. The number of thiazole rings is 1.